The Kier molecular flexibility index (Phi) is 5.77. The second-order valence-electron chi connectivity index (χ2n) is 9.72. The van der Waals surface area contributed by atoms with E-state index >= 15 is 0 Å². The minimum Gasteiger partial charge on any atom is -0.497 e. The predicted octanol–water partition coefficient (Wildman–Crippen LogP) is 3.53. The largest absolute Gasteiger partial charge is 0.497 e. The van der Waals surface area contributed by atoms with Gasteiger partial charge < -0.3 is 24.6 Å². The number of methoxy groups -OCH3 is 2. The monoisotopic (exact) mass is 452 g/mol. The summed E-state index contributed by atoms with van der Waals surface area (Å²) in [5.74, 6) is 2.32. The molecular formula is C26H36N4O3. The van der Waals surface area contributed by atoms with Gasteiger partial charge in [0.1, 0.15) is 11.5 Å². The predicted molar refractivity (Wildman–Crippen MR) is 128 cm³/mol. The van der Waals surface area contributed by atoms with Crippen molar-refractivity contribution in [1.82, 2.24) is 20.0 Å². The summed E-state index contributed by atoms with van der Waals surface area (Å²) in [7, 11) is 3.38. The third kappa shape index (κ3) is 3.57. The van der Waals surface area contributed by atoms with Gasteiger partial charge in [0.2, 0.25) is 0 Å². The Bertz CT molecular complexity index is 980. The molecule has 7 heteroatoms. The molecule has 2 atom stereocenters. The maximum Gasteiger partial charge on any atom is 0.325 e. The highest BCUT2D eigenvalue weighted by Crippen LogP contribution is 2.49. The molecule has 2 fully saturated rings. The summed E-state index contributed by atoms with van der Waals surface area (Å²) in [6.07, 6.45) is 8.62. The van der Waals surface area contributed by atoms with E-state index in [1.165, 1.54) is 5.70 Å². The topological polar surface area (TPSA) is 57.3 Å². The second-order valence-corrected chi connectivity index (χ2v) is 9.72. The quantitative estimate of drug-likeness (QED) is 0.741. The second kappa shape index (κ2) is 8.60. The van der Waals surface area contributed by atoms with E-state index in [1.54, 1.807) is 14.2 Å². The van der Waals surface area contributed by atoms with E-state index in [9.17, 15) is 4.79 Å². The van der Waals surface area contributed by atoms with Gasteiger partial charge in [0.15, 0.2) is 0 Å². The van der Waals surface area contributed by atoms with E-state index in [2.05, 4.69) is 53.4 Å². The van der Waals surface area contributed by atoms with Crippen LogP contribution in [0.2, 0.25) is 0 Å². The lowest BCUT2D eigenvalue weighted by molar-refractivity contribution is 0.0878. The summed E-state index contributed by atoms with van der Waals surface area (Å²) in [4.78, 5) is 20.4. The molecule has 1 aromatic rings. The number of ether oxygens (including phenoxy) is 2. The van der Waals surface area contributed by atoms with Crippen molar-refractivity contribution in [1.29, 1.82) is 0 Å². The van der Waals surface area contributed by atoms with Crippen molar-refractivity contribution >= 4 is 6.03 Å². The van der Waals surface area contributed by atoms with Crippen molar-refractivity contribution in [3.8, 4) is 11.5 Å². The summed E-state index contributed by atoms with van der Waals surface area (Å²) in [5, 5.41) is 3.31. The number of hydrogen-bond donors (Lipinski definition) is 1. The molecule has 2 saturated heterocycles. The van der Waals surface area contributed by atoms with E-state index in [0.717, 1.165) is 68.2 Å². The number of piperidine rings is 1. The van der Waals surface area contributed by atoms with Crippen molar-refractivity contribution in [2.45, 2.75) is 44.7 Å². The van der Waals surface area contributed by atoms with Crippen LogP contribution in [0.4, 0.5) is 4.79 Å². The normalized spacial score (nSPS) is 26.1. The van der Waals surface area contributed by atoms with Gasteiger partial charge >= 0.3 is 6.03 Å². The van der Waals surface area contributed by atoms with Gasteiger partial charge in [0.05, 0.1) is 26.3 Å². The third-order valence-electron chi connectivity index (χ3n) is 7.95. The van der Waals surface area contributed by atoms with Crippen molar-refractivity contribution < 1.29 is 14.3 Å². The van der Waals surface area contributed by atoms with Gasteiger partial charge in [0, 0.05) is 61.9 Å². The van der Waals surface area contributed by atoms with Gasteiger partial charge in [-0.3, -0.25) is 4.90 Å². The third-order valence-corrected chi connectivity index (χ3v) is 7.95. The minimum absolute atomic E-state index is 0.127. The fourth-order valence-electron chi connectivity index (χ4n) is 6.32. The molecule has 2 amide bonds. The van der Waals surface area contributed by atoms with Crippen LogP contribution in [0, 0.1) is 5.92 Å². The number of hydrogen-bond acceptors (Lipinski definition) is 5. The van der Waals surface area contributed by atoms with Gasteiger partial charge in [-0.1, -0.05) is 19.1 Å². The van der Waals surface area contributed by atoms with Crippen LogP contribution in [0.5, 0.6) is 11.5 Å². The fourth-order valence-corrected chi connectivity index (χ4v) is 6.32. The summed E-state index contributed by atoms with van der Waals surface area (Å²) in [6.45, 7) is 9.74. The summed E-state index contributed by atoms with van der Waals surface area (Å²) >= 11 is 0. The zero-order chi connectivity index (χ0) is 23.2. The number of benzene rings is 1. The molecule has 2 unspecified atom stereocenters. The lowest BCUT2D eigenvalue weighted by Crippen LogP contribution is -2.54. The molecule has 0 aromatic heterocycles. The van der Waals surface area contributed by atoms with E-state index in [1.807, 2.05) is 11.0 Å². The lowest BCUT2D eigenvalue weighted by Gasteiger charge is -2.44. The van der Waals surface area contributed by atoms with E-state index in [-0.39, 0.29) is 17.5 Å². The number of carbonyl (C=O) groups is 1. The molecule has 4 aliphatic rings. The molecule has 4 heterocycles. The fraction of sp³-hybridized carbons (Fsp3) is 0.577. The Morgan fingerprint density at radius 1 is 1.18 bits per heavy atom. The van der Waals surface area contributed by atoms with Crippen molar-refractivity contribution in [3.05, 3.63) is 47.3 Å². The molecule has 7 nitrogen and oxygen atoms in total. The van der Waals surface area contributed by atoms with Gasteiger partial charge in [-0.2, -0.15) is 0 Å². The number of likely N-dealkylation sites (tertiary alicyclic amines) is 1. The Labute approximate surface area is 197 Å². The van der Waals surface area contributed by atoms with Crippen LogP contribution in [0.15, 0.2) is 36.2 Å². The highest BCUT2D eigenvalue weighted by Gasteiger charge is 2.54. The lowest BCUT2D eigenvalue weighted by atomic mass is 9.82. The Morgan fingerprint density at radius 2 is 1.97 bits per heavy atom. The van der Waals surface area contributed by atoms with Crippen LogP contribution in [-0.2, 0) is 6.54 Å². The molecule has 1 aromatic carbocycles. The number of allylic oxidation sites excluding steroid dienone is 1. The maximum atomic E-state index is 13.7. The Hall–Kier alpha value is -2.67. The van der Waals surface area contributed by atoms with Gasteiger partial charge in [-0.05, 0) is 37.6 Å². The first-order chi connectivity index (χ1) is 16.0. The standard InChI is InChI=1S/C26H36N4O3/c1-5-30-25(31)29-17-20-13-21(32-3)14-22(33-4)24(20)18(2)12-23(29)26(30)7-10-28(11-8-26)16-19-6-9-27-15-19/h6,9,12-14,18-19,27H,5,7-8,10-11,15-17H2,1-4H3. The maximum absolute atomic E-state index is 13.7. The van der Waals surface area contributed by atoms with Gasteiger partial charge in [-0.15, -0.1) is 0 Å². The van der Waals surface area contributed by atoms with Gasteiger partial charge in [-0.25, -0.2) is 4.79 Å². The first kappa shape index (κ1) is 22.1. The van der Waals surface area contributed by atoms with Gasteiger partial charge in [0.25, 0.3) is 0 Å². The van der Waals surface area contributed by atoms with Crippen LogP contribution in [-0.4, -0.2) is 73.2 Å². The smallest absolute Gasteiger partial charge is 0.325 e. The number of nitrogens with one attached hydrogen (secondary N) is 1. The number of urea groups is 1. The minimum atomic E-state index is -0.222. The SMILES string of the molecule is CCN1C(=O)N2Cc3cc(OC)cc(OC)c3C(C)C=C2C12CCN(CC1C=CNC1)CC2. The van der Waals surface area contributed by atoms with Crippen molar-refractivity contribution in [3.63, 3.8) is 0 Å². The highest BCUT2D eigenvalue weighted by atomic mass is 16.5. The molecule has 1 N–H and O–H groups in total. The number of nitrogens with zero attached hydrogens (tertiary/aromatic N) is 3. The average molecular weight is 453 g/mol. The number of rotatable bonds is 5. The first-order valence-electron chi connectivity index (χ1n) is 12.2. The number of carbonyl (C=O) groups excluding carboxylic acids is 1. The van der Waals surface area contributed by atoms with Crippen LogP contribution in [0.1, 0.15) is 43.7 Å². The van der Waals surface area contributed by atoms with Crippen molar-refractivity contribution in [2.75, 3.05) is 46.9 Å². The van der Waals surface area contributed by atoms with E-state index < -0.39 is 0 Å². The summed E-state index contributed by atoms with van der Waals surface area (Å²) in [6, 6.07) is 4.14. The molecule has 1 spiro atoms. The number of amides is 2. The molecule has 178 valence electrons. The molecule has 0 aliphatic carbocycles. The van der Waals surface area contributed by atoms with Crippen LogP contribution in [0.25, 0.3) is 0 Å². The molecule has 4 aliphatic heterocycles. The Morgan fingerprint density at radius 3 is 2.61 bits per heavy atom. The average Bonchev–Trinajstić information content (AvgIpc) is 3.36. The Balaban J connectivity index is 1.47. The molecular weight excluding hydrogens is 416 g/mol. The van der Waals surface area contributed by atoms with Crippen molar-refractivity contribution in [2.24, 2.45) is 5.92 Å². The van der Waals surface area contributed by atoms with E-state index in [0.29, 0.717) is 12.5 Å². The molecule has 0 bridgehead atoms. The van der Waals surface area contributed by atoms with E-state index in [4.69, 9.17) is 9.47 Å². The number of likely N-dealkylation sites (N-methyl/N-ethyl adjacent to an activating group) is 1. The molecule has 33 heavy (non-hydrogen) atoms. The highest BCUT2D eigenvalue weighted by molar-refractivity contribution is 5.83. The molecule has 5 rings (SSSR count). The van der Waals surface area contributed by atoms with Crippen LogP contribution in [0.3, 0.4) is 0 Å². The summed E-state index contributed by atoms with van der Waals surface area (Å²) in [5.41, 5.74) is 3.22. The zero-order valence-electron chi connectivity index (χ0n) is 20.3. The first-order valence-corrected chi connectivity index (χ1v) is 12.2. The molecule has 0 saturated carbocycles. The summed E-state index contributed by atoms with van der Waals surface area (Å²) < 4.78 is 11.3. The number of fused-ring (bicyclic) bond motifs is 3. The van der Waals surface area contributed by atoms with Crippen LogP contribution >= 0.6 is 0 Å². The van der Waals surface area contributed by atoms with Crippen LogP contribution < -0.4 is 14.8 Å². The molecule has 0 radical (unpaired) electrons. The zero-order valence-corrected chi connectivity index (χ0v) is 20.3.